The van der Waals surface area contributed by atoms with Crippen LogP contribution >= 0.6 is 0 Å². The minimum absolute atomic E-state index is 1.01. The van der Waals surface area contributed by atoms with Crippen molar-refractivity contribution in [3.63, 3.8) is 0 Å². The van der Waals surface area contributed by atoms with Crippen molar-refractivity contribution in [2.24, 2.45) is 0 Å². The smallest absolute Gasteiger partial charge is 0.0682 e. The van der Waals surface area contributed by atoms with Crippen LogP contribution in [0.3, 0.4) is 0 Å². The van der Waals surface area contributed by atoms with Gasteiger partial charge in [-0.05, 0) is 25.5 Å². The molecule has 0 unspecified atom stereocenters. The molecule has 0 aliphatic carbocycles. The summed E-state index contributed by atoms with van der Waals surface area (Å²) in [5.74, 6) is 0. The number of benzene rings is 1. The van der Waals surface area contributed by atoms with Crippen molar-refractivity contribution < 1.29 is 0 Å². The van der Waals surface area contributed by atoms with Crippen LogP contribution in [0.15, 0.2) is 24.4 Å². The Balaban J connectivity index is 2.55. The van der Waals surface area contributed by atoms with Crippen LogP contribution in [0.1, 0.15) is 18.9 Å². The first-order chi connectivity index (χ1) is 6.31. The third-order valence-corrected chi connectivity index (χ3v) is 2.23. The van der Waals surface area contributed by atoms with Crippen molar-refractivity contribution in [2.45, 2.75) is 26.8 Å². The monoisotopic (exact) mass is 174 g/mol. The van der Waals surface area contributed by atoms with Crippen LogP contribution in [-0.4, -0.2) is 9.78 Å². The fourth-order valence-corrected chi connectivity index (χ4v) is 1.60. The molecule has 0 N–H and O–H groups in total. The van der Waals surface area contributed by atoms with Gasteiger partial charge in [0.2, 0.25) is 0 Å². The van der Waals surface area contributed by atoms with Gasteiger partial charge in [-0.15, -0.1) is 0 Å². The predicted molar refractivity (Wildman–Crippen MR) is 54.8 cm³/mol. The molecule has 0 aliphatic rings. The summed E-state index contributed by atoms with van der Waals surface area (Å²) in [5, 5.41) is 5.59. The lowest BCUT2D eigenvalue weighted by atomic mass is 10.2. The average molecular weight is 174 g/mol. The largest absolute Gasteiger partial charge is 0.265 e. The van der Waals surface area contributed by atoms with Crippen molar-refractivity contribution in [1.82, 2.24) is 9.78 Å². The molecule has 1 heterocycles. The average Bonchev–Trinajstić information content (AvgIpc) is 2.49. The Bertz CT molecular complexity index is 415. The van der Waals surface area contributed by atoms with Gasteiger partial charge in [0.25, 0.3) is 0 Å². The molecule has 0 saturated heterocycles. The first-order valence-electron chi connectivity index (χ1n) is 4.73. The van der Waals surface area contributed by atoms with Gasteiger partial charge in [0.1, 0.15) is 0 Å². The normalized spacial score (nSPS) is 10.9. The van der Waals surface area contributed by atoms with Crippen LogP contribution in [0.5, 0.6) is 0 Å². The van der Waals surface area contributed by atoms with E-state index < -0.39 is 0 Å². The molecule has 0 bridgehead atoms. The van der Waals surface area contributed by atoms with Crippen molar-refractivity contribution in [3.05, 3.63) is 30.0 Å². The second kappa shape index (κ2) is 3.21. The molecule has 1 aromatic carbocycles. The van der Waals surface area contributed by atoms with Gasteiger partial charge in [0, 0.05) is 11.9 Å². The lowest BCUT2D eigenvalue weighted by molar-refractivity contribution is 0.622. The first kappa shape index (κ1) is 8.30. The van der Waals surface area contributed by atoms with E-state index in [1.54, 1.807) is 0 Å². The van der Waals surface area contributed by atoms with Crippen LogP contribution in [0, 0.1) is 6.92 Å². The molecule has 0 fully saturated rings. The zero-order chi connectivity index (χ0) is 9.26. The minimum atomic E-state index is 1.01. The van der Waals surface area contributed by atoms with E-state index in [-0.39, 0.29) is 0 Å². The molecule has 0 spiro atoms. The summed E-state index contributed by atoms with van der Waals surface area (Å²) >= 11 is 0. The molecule has 68 valence electrons. The lowest BCUT2D eigenvalue weighted by Crippen LogP contribution is -1.97. The van der Waals surface area contributed by atoms with Crippen LogP contribution in [0.2, 0.25) is 0 Å². The fourth-order valence-electron chi connectivity index (χ4n) is 1.60. The Kier molecular flexibility index (Phi) is 2.05. The van der Waals surface area contributed by atoms with Crippen LogP contribution in [0.4, 0.5) is 0 Å². The van der Waals surface area contributed by atoms with E-state index >= 15 is 0 Å². The molecule has 0 atom stereocenters. The molecule has 0 aliphatic heterocycles. The van der Waals surface area contributed by atoms with Crippen LogP contribution in [0.25, 0.3) is 10.9 Å². The number of aromatic nitrogens is 2. The number of fused-ring (bicyclic) bond motifs is 1. The lowest BCUT2D eigenvalue weighted by Gasteiger charge is -2.00. The van der Waals surface area contributed by atoms with Gasteiger partial charge >= 0.3 is 0 Å². The summed E-state index contributed by atoms with van der Waals surface area (Å²) in [6.07, 6.45) is 3.07. The molecule has 1 aromatic heterocycles. The van der Waals surface area contributed by atoms with E-state index in [0.717, 1.165) is 13.0 Å². The maximum Gasteiger partial charge on any atom is 0.0682 e. The summed E-state index contributed by atoms with van der Waals surface area (Å²) in [5.41, 5.74) is 2.54. The highest BCUT2D eigenvalue weighted by molar-refractivity contribution is 5.79. The van der Waals surface area contributed by atoms with E-state index in [2.05, 4.69) is 41.8 Å². The minimum Gasteiger partial charge on any atom is -0.265 e. The molecule has 2 heteroatoms. The maximum absolute atomic E-state index is 4.34. The van der Waals surface area contributed by atoms with Gasteiger partial charge in [0.05, 0.1) is 11.7 Å². The molecule has 0 saturated carbocycles. The Hall–Kier alpha value is -1.31. The molecule has 13 heavy (non-hydrogen) atoms. The van der Waals surface area contributed by atoms with Crippen molar-refractivity contribution in [2.75, 3.05) is 0 Å². The van der Waals surface area contributed by atoms with Gasteiger partial charge in [-0.25, -0.2) is 0 Å². The van der Waals surface area contributed by atoms with Gasteiger partial charge in [-0.2, -0.15) is 5.10 Å². The SMILES string of the molecule is CCCn1ncc2cc(C)ccc21. The number of rotatable bonds is 2. The first-order valence-corrected chi connectivity index (χ1v) is 4.73. The number of hydrogen-bond acceptors (Lipinski definition) is 1. The summed E-state index contributed by atoms with van der Waals surface area (Å²) < 4.78 is 2.06. The Morgan fingerprint density at radius 2 is 2.23 bits per heavy atom. The summed E-state index contributed by atoms with van der Waals surface area (Å²) in [6.45, 7) is 5.28. The van der Waals surface area contributed by atoms with E-state index in [9.17, 15) is 0 Å². The summed E-state index contributed by atoms with van der Waals surface area (Å²) in [6, 6.07) is 6.46. The molecule has 2 rings (SSSR count). The highest BCUT2D eigenvalue weighted by Crippen LogP contribution is 2.15. The third-order valence-electron chi connectivity index (χ3n) is 2.23. The van der Waals surface area contributed by atoms with Crippen LogP contribution < -0.4 is 0 Å². The number of aryl methyl sites for hydroxylation is 2. The molecular formula is C11H14N2. The van der Waals surface area contributed by atoms with Gasteiger partial charge < -0.3 is 0 Å². The van der Waals surface area contributed by atoms with Gasteiger partial charge in [-0.1, -0.05) is 18.6 Å². The Morgan fingerprint density at radius 3 is 3.00 bits per heavy atom. The van der Waals surface area contributed by atoms with E-state index in [4.69, 9.17) is 0 Å². The molecule has 2 aromatic rings. The number of hydrogen-bond donors (Lipinski definition) is 0. The maximum atomic E-state index is 4.34. The van der Waals surface area contributed by atoms with Crippen molar-refractivity contribution in [3.8, 4) is 0 Å². The van der Waals surface area contributed by atoms with Crippen LogP contribution in [-0.2, 0) is 6.54 Å². The zero-order valence-electron chi connectivity index (χ0n) is 8.12. The molecule has 2 nitrogen and oxygen atoms in total. The quantitative estimate of drug-likeness (QED) is 0.684. The standard InChI is InChI=1S/C11H14N2/c1-3-6-13-11-5-4-9(2)7-10(11)8-12-13/h4-5,7-8H,3,6H2,1-2H3. The van der Waals surface area contributed by atoms with Crippen molar-refractivity contribution >= 4 is 10.9 Å². The summed E-state index contributed by atoms with van der Waals surface area (Å²) in [4.78, 5) is 0. The van der Waals surface area contributed by atoms with Gasteiger partial charge in [-0.3, -0.25) is 4.68 Å². The molecular weight excluding hydrogens is 160 g/mol. The van der Waals surface area contributed by atoms with E-state index in [0.29, 0.717) is 0 Å². The third kappa shape index (κ3) is 1.44. The Morgan fingerprint density at radius 1 is 1.38 bits per heavy atom. The molecule has 0 radical (unpaired) electrons. The predicted octanol–water partition coefficient (Wildman–Crippen LogP) is 2.75. The second-order valence-corrected chi connectivity index (χ2v) is 3.43. The second-order valence-electron chi connectivity index (χ2n) is 3.43. The van der Waals surface area contributed by atoms with Gasteiger partial charge in [0.15, 0.2) is 0 Å². The number of nitrogens with zero attached hydrogens (tertiary/aromatic N) is 2. The van der Waals surface area contributed by atoms with E-state index in [1.807, 2.05) is 6.20 Å². The zero-order valence-corrected chi connectivity index (χ0v) is 8.12. The molecule has 0 amide bonds. The van der Waals surface area contributed by atoms with Crippen molar-refractivity contribution in [1.29, 1.82) is 0 Å². The highest BCUT2D eigenvalue weighted by atomic mass is 15.3. The fraction of sp³-hybridized carbons (Fsp3) is 0.364. The van der Waals surface area contributed by atoms with E-state index in [1.165, 1.54) is 16.5 Å². The highest BCUT2D eigenvalue weighted by Gasteiger charge is 2.00. The Labute approximate surface area is 78.2 Å². The topological polar surface area (TPSA) is 17.8 Å². The summed E-state index contributed by atoms with van der Waals surface area (Å²) in [7, 11) is 0.